The van der Waals surface area contributed by atoms with Gasteiger partial charge in [0, 0.05) is 103 Å². The van der Waals surface area contributed by atoms with Crippen molar-refractivity contribution in [3.63, 3.8) is 0 Å². The van der Waals surface area contributed by atoms with Crippen LogP contribution < -0.4 is 37.2 Å². The summed E-state index contributed by atoms with van der Waals surface area (Å²) in [7, 11) is 8.77. The van der Waals surface area contributed by atoms with E-state index < -0.39 is 114 Å². The summed E-state index contributed by atoms with van der Waals surface area (Å²) in [4.78, 5) is 143. The van der Waals surface area contributed by atoms with Crippen LogP contribution in [0.25, 0.3) is 0 Å². The molecule has 8 N–H and O–H groups in total. The highest BCUT2D eigenvalue weighted by molar-refractivity contribution is 5.94. The lowest BCUT2D eigenvalue weighted by atomic mass is 9.85. The predicted octanol–water partition coefficient (Wildman–Crippen LogP) is 11.9. The lowest BCUT2D eigenvalue weighted by molar-refractivity contribution is -0.186. The Morgan fingerprint density at radius 2 is 0.750 bits per heavy atom. The number of hydrogen-bond donors (Lipinski definition) is 8. The smallest absolute Gasteiger partial charge is 0.391 e. The van der Waals surface area contributed by atoms with Gasteiger partial charge in [0.25, 0.3) is 0 Å². The molecule has 4 saturated heterocycles. The molecule has 40 heteroatoms. The molecule has 0 saturated carbocycles. The third kappa shape index (κ3) is 47.4. The number of carbonyl (C=O) groups is 10. The summed E-state index contributed by atoms with van der Waals surface area (Å²) in [6.45, 7) is 32.5. The number of benzene rings is 4. The van der Waals surface area contributed by atoms with Crippen LogP contribution in [0, 0.1) is 58.2 Å². The topological polar surface area (TPSA) is 314 Å². The number of alkyl halides is 6. The van der Waals surface area contributed by atoms with Crippen LogP contribution in [0.2, 0.25) is 0 Å². The van der Waals surface area contributed by atoms with E-state index in [1.165, 1.54) is 32.8 Å². The summed E-state index contributed by atoms with van der Waals surface area (Å²) < 4.78 is 86.2. The Labute approximate surface area is 912 Å². The molecule has 0 radical (unpaired) electrons. The number of likely N-dealkylation sites (tertiary alicyclic amines) is 4. The lowest BCUT2D eigenvalue weighted by Crippen LogP contribution is -2.60. The number of nitrogens with one attached hydrogen (secondary N) is 7. The van der Waals surface area contributed by atoms with Crippen LogP contribution in [0.3, 0.4) is 0 Å². The average molecular weight is 2210 g/mol. The number of likely N-dealkylation sites (N-methyl/N-ethyl adjacent to an activating group) is 5. The number of ether oxygens (including phenoxy) is 1. The zero-order chi connectivity index (χ0) is 106. The van der Waals surface area contributed by atoms with E-state index in [4.69, 9.17) is 4.74 Å². The third-order valence-corrected chi connectivity index (χ3v) is 26.0. The summed E-state index contributed by atoms with van der Waals surface area (Å²) in [5, 5.41) is 30.8. The summed E-state index contributed by atoms with van der Waals surface area (Å²) in [5.41, 5.74) is 3.47. The minimum atomic E-state index is -5.07. The minimum absolute atomic E-state index is 0. The van der Waals surface area contributed by atoms with Gasteiger partial charge in [-0.15, -0.1) is 74.4 Å². The fourth-order valence-corrected chi connectivity index (χ4v) is 17.1. The summed E-state index contributed by atoms with van der Waals surface area (Å²) >= 11 is 0. The Balaban J connectivity index is 0. The van der Waals surface area contributed by atoms with E-state index in [1.807, 2.05) is 63.5 Å². The summed E-state index contributed by atoms with van der Waals surface area (Å²) in [6.07, 6.45) is -2.76. The van der Waals surface area contributed by atoms with Crippen molar-refractivity contribution < 1.29 is 84.1 Å². The van der Waals surface area contributed by atoms with Crippen LogP contribution in [0.15, 0.2) is 121 Å². The molecule has 8 rings (SSSR count). The monoisotopic (exact) mass is 2200 g/mol. The second-order valence-corrected chi connectivity index (χ2v) is 38.9. The molecule has 0 aromatic heterocycles. The Morgan fingerprint density at radius 3 is 1.10 bits per heavy atom. The maximum absolute atomic E-state index is 13.9. The van der Waals surface area contributed by atoms with E-state index in [-0.39, 0.29) is 174 Å². The number of aliphatic hydroxyl groups is 1. The van der Waals surface area contributed by atoms with Crippen molar-refractivity contribution in [2.24, 2.45) is 10.8 Å². The molecule has 14 atom stereocenters. The van der Waals surface area contributed by atoms with E-state index in [1.54, 1.807) is 137 Å². The number of hydrogen-bond acceptors (Lipinski definition) is 18. The van der Waals surface area contributed by atoms with Gasteiger partial charge in [-0.1, -0.05) is 193 Å². The summed E-state index contributed by atoms with van der Waals surface area (Å²) in [6, 6.07) is 32.5. The molecule has 4 fully saturated rings. The Kier molecular flexibility index (Phi) is 68.1. The quantitative estimate of drug-likeness (QED) is 0.0151. The van der Waals surface area contributed by atoms with Crippen LogP contribution in [0.5, 0.6) is 0 Å². The van der Waals surface area contributed by atoms with Crippen LogP contribution >= 0.6 is 74.4 Å². The molecule has 4 heterocycles. The fourth-order valence-electron chi connectivity index (χ4n) is 17.1. The number of rotatable bonds is 42. The van der Waals surface area contributed by atoms with E-state index in [0.717, 1.165) is 92.1 Å². The molecule has 0 spiro atoms. The van der Waals surface area contributed by atoms with E-state index in [9.17, 15) is 79.4 Å². The highest BCUT2D eigenvalue weighted by Crippen LogP contribution is 2.32. The van der Waals surface area contributed by atoms with Gasteiger partial charge >= 0.3 is 24.2 Å². The van der Waals surface area contributed by atoms with Crippen LogP contribution in [-0.2, 0) is 78.4 Å². The van der Waals surface area contributed by atoms with Gasteiger partial charge in [-0.25, -0.2) is 0 Å². The van der Waals surface area contributed by atoms with Gasteiger partial charge in [0.15, 0.2) is 0 Å². The molecule has 4 aromatic rings. The second-order valence-electron chi connectivity index (χ2n) is 38.9. The maximum Gasteiger partial charge on any atom is 0.471 e. The van der Waals surface area contributed by atoms with Crippen molar-refractivity contribution in [2.45, 2.75) is 284 Å². The van der Waals surface area contributed by atoms with Gasteiger partial charge in [-0.2, -0.15) is 26.3 Å². The number of nitrogens with zero attached hydrogens (tertiary/aromatic N) is 9. The second kappa shape index (κ2) is 71.6. The average Bonchev–Trinajstić information content (AvgIpc) is 1.61. The first kappa shape index (κ1) is 141. The first-order valence-electron chi connectivity index (χ1n) is 49.8. The van der Waals surface area contributed by atoms with Crippen LogP contribution in [0.1, 0.15) is 184 Å². The van der Waals surface area contributed by atoms with Crippen molar-refractivity contribution in [1.82, 2.24) is 81.3 Å². The van der Waals surface area contributed by atoms with Gasteiger partial charge < -0.3 is 81.4 Å². The molecule has 28 nitrogen and oxygen atoms in total. The van der Waals surface area contributed by atoms with Crippen LogP contribution in [0.4, 0.5) is 26.3 Å². The standard InChI is InChI=1S/C38H53N5O2.C29H37F3N4O4.C25H37F3N4O4.C16H31N3O2.6ClH/c1-31(39-5)36(44)40-35(38(2,3)4)37(45)43-27-17-22-34(43)30-42(29-24-33-20-13-10-14-21-33)26-16-8-7-15-25-41(6)28-23-32-18-11-9-12-19-32;1-5-6-7-11-17-36(26(38)21(2)33-4)25(22(3)37)27(39)35-18-12-15-24(35)20-34(28(40)29(30,31)32)19-16-23-13-9-8-10-14-23;1-5-36-18(3)21(30-22(33)17(2)29-4)23(34)32-14-9-12-20(32)16-31(24(35)25(26,27)28)15-13-19-10-7-6-8-11-19;1-7-12-9-8-10-19(12)15(21)13(16(3,4)5)18-14(20)11(2)17-6;;;;;;/h9-14,18-21,31,34-35,39H,17,22-30H2,1-6H3,(H,40,44);8-10,13-14,21-22,24-25,33,37H,12,15-20H2,1-4H3;6-8,10-11,17-18,20-21,29H,5,9,12-16H2,1-4H3,(H,30,33);11-13,17H,7-10H2,1-6H3,(H,18,20);6*1H/t31-,34-,35+;21-,22+,24-,25-;17-,18+,20-,21-;11-,12+,13+;;;;;;/m0000....../s1. The molecule has 4 aromatic carbocycles. The number of carbonyl (C=O) groups excluding carboxylic acids is 10. The number of aliphatic hydroxyl groups excluding tert-OH is 1. The van der Waals surface area contributed by atoms with Gasteiger partial charge in [0.2, 0.25) is 47.3 Å². The van der Waals surface area contributed by atoms with E-state index >= 15 is 0 Å². The molecule has 148 heavy (non-hydrogen) atoms. The lowest BCUT2D eigenvalue weighted by Gasteiger charge is -2.38. The zero-order valence-electron chi connectivity index (χ0n) is 89.6. The van der Waals surface area contributed by atoms with Gasteiger partial charge in [-0.05, 0) is 231 Å². The number of halogens is 12. The zero-order valence-corrected chi connectivity index (χ0v) is 94.5. The molecule has 4 aliphatic rings. The van der Waals surface area contributed by atoms with E-state index in [0.29, 0.717) is 64.5 Å². The molecule has 4 aliphatic heterocycles. The van der Waals surface area contributed by atoms with Crippen molar-refractivity contribution in [2.75, 3.05) is 133 Å². The van der Waals surface area contributed by atoms with Gasteiger partial charge in [0.1, 0.15) is 24.2 Å². The normalized spacial score (nSPS) is 17.1. The minimum Gasteiger partial charge on any atom is -0.391 e. The Morgan fingerprint density at radius 1 is 0.426 bits per heavy atom. The van der Waals surface area contributed by atoms with Crippen molar-refractivity contribution in [3.05, 3.63) is 144 Å². The molecule has 0 bridgehead atoms. The Bertz CT molecular complexity index is 4890. The van der Waals surface area contributed by atoms with Crippen molar-refractivity contribution in [3.8, 4) is 47.4 Å². The van der Waals surface area contributed by atoms with Gasteiger partial charge in [0.05, 0.1) is 56.0 Å². The number of amides is 10. The highest BCUT2D eigenvalue weighted by Gasteiger charge is 2.49. The first-order chi connectivity index (χ1) is 67.2. The predicted molar refractivity (Wildman–Crippen MR) is 586 cm³/mol. The molecule has 0 unspecified atom stereocenters. The third-order valence-electron chi connectivity index (χ3n) is 26.0. The molecular weight excluding hydrogens is 2040 g/mol. The molecule has 10 amide bonds. The largest absolute Gasteiger partial charge is 0.471 e. The maximum atomic E-state index is 13.9. The first-order valence-corrected chi connectivity index (χ1v) is 49.8. The Hall–Kier alpha value is -9.18. The highest BCUT2D eigenvalue weighted by atomic mass is 35.5. The fraction of sp³-hybridized carbons (Fsp3) is 0.611. The SMILES string of the molecule is CC#CC#CCN(C(=O)[C@H](C)NC)[C@H](C(=O)N1CCC[C@H]1CN(CCc1ccccc1)C(=O)C(F)(F)F)[C@@H](C)O.CCO[C@H](C)[C@H](NC(=O)[C@H](C)NC)C(=O)N1CCC[C@H]1CN(CCc1ccccc1)C(=O)C(F)(F)F.CC[C@@H]1CCCN1C(=O)[C@@H](NC(=O)[C@H](C)NC)C(C)(C)C.CN[C@@H](C)C(=O)N[C@H](C(=O)N1CCC[C@H]1CN(CC#CC#CCN(C)CCc1ccccc1)CCc1ccccc1)C(C)(C)C.Cl.Cl.Cl.Cl.Cl.Cl. The van der Waals surface area contributed by atoms with Crippen molar-refractivity contribution >= 4 is 134 Å². The molecule has 0 aliphatic carbocycles. The van der Waals surface area contributed by atoms with Crippen molar-refractivity contribution in [1.29, 1.82) is 0 Å². The summed E-state index contributed by atoms with van der Waals surface area (Å²) in [5.74, 6) is 17.0. The molecule has 832 valence electrons. The molecular formula is C108H164Cl6F6N16O12. The van der Waals surface area contributed by atoms with Crippen LogP contribution in [-0.4, -0.2) is 339 Å². The van der Waals surface area contributed by atoms with Gasteiger partial charge in [-0.3, -0.25) is 57.7 Å². The van der Waals surface area contributed by atoms with E-state index in [2.05, 4.69) is 157 Å².